The van der Waals surface area contributed by atoms with Gasteiger partial charge in [0, 0.05) is 19.7 Å². The van der Waals surface area contributed by atoms with Gasteiger partial charge in [0.2, 0.25) is 0 Å². The lowest BCUT2D eigenvalue weighted by Crippen LogP contribution is -2.33. The van der Waals surface area contributed by atoms with Gasteiger partial charge in [-0.15, -0.1) is 0 Å². The number of ether oxygens (including phenoxy) is 1. The molecule has 0 aliphatic carbocycles. The normalized spacial score (nSPS) is 14.6. The highest BCUT2D eigenvalue weighted by Crippen LogP contribution is 2.26. The van der Waals surface area contributed by atoms with Gasteiger partial charge in [0.15, 0.2) is 0 Å². The predicted molar refractivity (Wildman–Crippen MR) is 71.9 cm³/mol. The minimum Gasteiger partial charge on any atom is -0.383 e. The van der Waals surface area contributed by atoms with Crippen molar-refractivity contribution in [3.63, 3.8) is 0 Å². The Morgan fingerprint density at radius 3 is 2.76 bits per heavy atom. The molecule has 0 radical (unpaired) electrons. The van der Waals surface area contributed by atoms with E-state index in [9.17, 15) is 4.39 Å². The maximum Gasteiger partial charge on any atom is 0.140 e. The van der Waals surface area contributed by atoms with Crippen molar-refractivity contribution >= 4 is 15.9 Å². The molecule has 0 heterocycles. The van der Waals surface area contributed by atoms with Gasteiger partial charge in [-0.3, -0.25) is 0 Å². The fourth-order valence-corrected chi connectivity index (χ4v) is 2.09. The first-order chi connectivity index (χ1) is 8.07. The summed E-state index contributed by atoms with van der Waals surface area (Å²) in [6.07, 6.45) is 0. The molecule has 0 aliphatic rings. The van der Waals surface area contributed by atoms with Crippen LogP contribution in [-0.2, 0) is 4.74 Å². The summed E-state index contributed by atoms with van der Waals surface area (Å²) in [4.78, 5) is 0. The number of nitrogens with one attached hydrogen (secondary N) is 1. The summed E-state index contributed by atoms with van der Waals surface area (Å²) in [6.45, 7) is 5.52. The third-order valence-corrected chi connectivity index (χ3v) is 3.61. The molecular weight excluding hydrogens is 285 g/mol. The van der Waals surface area contributed by atoms with Gasteiger partial charge < -0.3 is 10.1 Å². The van der Waals surface area contributed by atoms with Crippen molar-refractivity contribution in [3.8, 4) is 0 Å². The molecule has 17 heavy (non-hydrogen) atoms. The number of hydrogen-bond acceptors (Lipinski definition) is 2. The minimum atomic E-state index is -0.166. The molecular formula is C13H19BrFNO. The molecule has 1 aromatic carbocycles. The second kappa shape index (κ2) is 7.09. The van der Waals surface area contributed by atoms with Crippen LogP contribution in [0.25, 0.3) is 0 Å². The van der Waals surface area contributed by atoms with E-state index in [2.05, 4.69) is 28.2 Å². The highest BCUT2D eigenvalue weighted by atomic mass is 79.9. The van der Waals surface area contributed by atoms with E-state index >= 15 is 0 Å². The van der Waals surface area contributed by atoms with Crippen LogP contribution in [0.3, 0.4) is 0 Å². The van der Waals surface area contributed by atoms with E-state index in [1.165, 1.54) is 0 Å². The van der Waals surface area contributed by atoms with Gasteiger partial charge in [0.1, 0.15) is 5.82 Å². The molecule has 0 saturated heterocycles. The Balaban J connectivity index is 2.68. The predicted octanol–water partition coefficient (Wildman–Crippen LogP) is 3.32. The first-order valence-electron chi connectivity index (χ1n) is 5.74. The molecule has 0 bridgehead atoms. The summed E-state index contributed by atoms with van der Waals surface area (Å²) in [5.41, 5.74) is 0.733. The zero-order chi connectivity index (χ0) is 12.8. The lowest BCUT2D eigenvalue weighted by atomic mass is 9.94. The van der Waals surface area contributed by atoms with Crippen molar-refractivity contribution in [1.29, 1.82) is 0 Å². The first-order valence-corrected chi connectivity index (χ1v) is 6.53. The molecule has 0 fully saturated rings. The molecule has 96 valence electrons. The summed E-state index contributed by atoms with van der Waals surface area (Å²) in [7, 11) is 1.67. The molecule has 0 amide bonds. The van der Waals surface area contributed by atoms with Crippen molar-refractivity contribution in [2.75, 3.05) is 20.3 Å². The topological polar surface area (TPSA) is 21.3 Å². The van der Waals surface area contributed by atoms with Crippen molar-refractivity contribution in [1.82, 2.24) is 5.32 Å². The van der Waals surface area contributed by atoms with Crippen LogP contribution >= 0.6 is 15.9 Å². The lowest BCUT2D eigenvalue weighted by molar-refractivity contribution is 0.195. The van der Waals surface area contributed by atoms with Gasteiger partial charge >= 0.3 is 0 Å². The Bertz CT molecular complexity index is 359. The quantitative estimate of drug-likeness (QED) is 0.814. The third-order valence-electron chi connectivity index (χ3n) is 2.99. The van der Waals surface area contributed by atoms with Gasteiger partial charge in [-0.1, -0.05) is 19.1 Å². The van der Waals surface area contributed by atoms with Crippen LogP contribution in [0.4, 0.5) is 4.39 Å². The van der Waals surface area contributed by atoms with Crippen molar-refractivity contribution in [3.05, 3.63) is 34.1 Å². The summed E-state index contributed by atoms with van der Waals surface area (Å²) < 4.78 is 19.4. The zero-order valence-electron chi connectivity index (χ0n) is 10.5. The highest BCUT2D eigenvalue weighted by Gasteiger charge is 2.18. The fraction of sp³-hybridized carbons (Fsp3) is 0.538. The summed E-state index contributed by atoms with van der Waals surface area (Å²) >= 11 is 3.21. The van der Waals surface area contributed by atoms with Crippen LogP contribution in [0.1, 0.15) is 25.3 Å². The van der Waals surface area contributed by atoms with Crippen LogP contribution in [-0.4, -0.2) is 26.3 Å². The van der Waals surface area contributed by atoms with E-state index in [1.54, 1.807) is 13.2 Å². The van der Waals surface area contributed by atoms with Crippen LogP contribution in [0.5, 0.6) is 0 Å². The largest absolute Gasteiger partial charge is 0.383 e. The van der Waals surface area contributed by atoms with Gasteiger partial charge in [-0.2, -0.15) is 0 Å². The average Bonchev–Trinajstić information content (AvgIpc) is 2.32. The van der Waals surface area contributed by atoms with Crippen molar-refractivity contribution < 1.29 is 9.13 Å². The molecule has 2 unspecified atom stereocenters. The number of methoxy groups -OCH3 is 1. The second-order valence-corrected chi connectivity index (χ2v) is 5.02. The Labute approximate surface area is 111 Å². The Hall–Kier alpha value is -0.450. The van der Waals surface area contributed by atoms with E-state index in [-0.39, 0.29) is 17.8 Å². The molecule has 1 rings (SSSR count). The van der Waals surface area contributed by atoms with E-state index in [1.807, 2.05) is 19.1 Å². The van der Waals surface area contributed by atoms with Gasteiger partial charge in [-0.25, -0.2) is 4.39 Å². The Morgan fingerprint density at radius 1 is 1.41 bits per heavy atom. The maximum atomic E-state index is 13.9. The van der Waals surface area contributed by atoms with E-state index in [0.717, 1.165) is 12.1 Å². The minimum absolute atomic E-state index is 0.115. The average molecular weight is 304 g/mol. The number of rotatable bonds is 6. The Morgan fingerprint density at radius 2 is 2.12 bits per heavy atom. The van der Waals surface area contributed by atoms with Gasteiger partial charge in [-0.05, 0) is 40.4 Å². The SMILES string of the molecule is COCCNC(C)C(C)c1cccc(Br)c1F. The molecule has 2 atom stereocenters. The standard InChI is InChI=1S/C13H19BrFNO/c1-9(10(2)16-7-8-17-3)11-5-4-6-12(14)13(11)15/h4-6,9-10,16H,7-8H2,1-3H3. The summed E-state index contributed by atoms with van der Waals surface area (Å²) in [5.74, 6) is -0.0512. The summed E-state index contributed by atoms with van der Waals surface area (Å²) in [6, 6.07) is 5.61. The van der Waals surface area contributed by atoms with Crippen LogP contribution in [0.15, 0.2) is 22.7 Å². The van der Waals surface area contributed by atoms with E-state index < -0.39 is 0 Å². The molecule has 0 spiro atoms. The zero-order valence-corrected chi connectivity index (χ0v) is 12.1. The highest BCUT2D eigenvalue weighted by molar-refractivity contribution is 9.10. The monoisotopic (exact) mass is 303 g/mol. The number of hydrogen-bond donors (Lipinski definition) is 1. The number of halogens is 2. The van der Waals surface area contributed by atoms with Crippen LogP contribution < -0.4 is 5.32 Å². The van der Waals surface area contributed by atoms with Gasteiger partial charge in [0.25, 0.3) is 0 Å². The maximum absolute atomic E-state index is 13.9. The third kappa shape index (κ3) is 4.05. The second-order valence-electron chi connectivity index (χ2n) is 4.17. The van der Waals surface area contributed by atoms with Crippen molar-refractivity contribution in [2.45, 2.75) is 25.8 Å². The molecule has 2 nitrogen and oxygen atoms in total. The fourth-order valence-electron chi connectivity index (χ4n) is 1.71. The molecule has 4 heteroatoms. The van der Waals surface area contributed by atoms with Crippen LogP contribution in [0.2, 0.25) is 0 Å². The Kier molecular flexibility index (Phi) is 6.09. The molecule has 0 aromatic heterocycles. The lowest BCUT2D eigenvalue weighted by Gasteiger charge is -2.22. The number of benzene rings is 1. The molecule has 0 aliphatic heterocycles. The van der Waals surface area contributed by atoms with Crippen LogP contribution in [0, 0.1) is 5.82 Å². The van der Waals surface area contributed by atoms with Gasteiger partial charge in [0.05, 0.1) is 11.1 Å². The first kappa shape index (κ1) is 14.6. The van der Waals surface area contributed by atoms with E-state index in [0.29, 0.717) is 11.1 Å². The summed E-state index contributed by atoms with van der Waals surface area (Å²) in [5, 5.41) is 3.32. The van der Waals surface area contributed by atoms with Crippen molar-refractivity contribution in [2.24, 2.45) is 0 Å². The molecule has 0 saturated carbocycles. The van der Waals surface area contributed by atoms with E-state index in [4.69, 9.17) is 4.74 Å². The molecule has 1 N–H and O–H groups in total. The molecule has 1 aromatic rings. The smallest absolute Gasteiger partial charge is 0.140 e.